The Labute approximate surface area is 205 Å². The average molecular weight is 474 g/mol. The summed E-state index contributed by atoms with van der Waals surface area (Å²) in [6, 6.07) is 22.5. The van der Waals surface area contributed by atoms with Crippen LogP contribution in [0.2, 0.25) is 0 Å². The maximum Gasteiger partial charge on any atom is 0.0587 e. The average Bonchev–Trinajstić information content (AvgIpc) is 3.15. The highest BCUT2D eigenvalue weighted by molar-refractivity contribution is 6.30. The molecule has 1 aliphatic carbocycles. The molecule has 0 bridgehead atoms. The van der Waals surface area contributed by atoms with Crippen LogP contribution in [-0.2, 0) is 12.8 Å². The molecule has 0 saturated heterocycles. The Kier molecular flexibility index (Phi) is 12.2. The van der Waals surface area contributed by atoms with Gasteiger partial charge < -0.3 is 4.90 Å². The fraction of sp³-hybridized carbons (Fsp3) is 0.536. The first-order chi connectivity index (χ1) is 15.5. The zero-order valence-electron chi connectivity index (χ0n) is 19.8. The van der Waals surface area contributed by atoms with E-state index >= 15 is 0 Å². The van der Waals surface area contributed by atoms with Crippen LogP contribution in [0, 0.1) is 11.3 Å². The third-order valence-corrected chi connectivity index (χ3v) is 7.65. The Morgan fingerprint density at radius 1 is 0.938 bits per heavy atom. The Morgan fingerprint density at radius 3 is 2.03 bits per heavy atom. The predicted octanol–water partition coefficient (Wildman–Crippen LogP) is 7.58. The molecule has 1 saturated carbocycles. The van der Waals surface area contributed by atoms with E-state index in [1.807, 2.05) is 0 Å². The van der Waals surface area contributed by atoms with Gasteiger partial charge >= 0.3 is 0 Å². The maximum atomic E-state index is 7.32. The summed E-state index contributed by atoms with van der Waals surface area (Å²) in [4.78, 5) is 2.65. The molecule has 3 unspecified atom stereocenters. The number of rotatable bonds is 10. The van der Waals surface area contributed by atoms with E-state index in [9.17, 15) is 0 Å². The number of alkyl halides is 2. The van der Waals surface area contributed by atoms with E-state index in [0.717, 1.165) is 38.8 Å². The highest BCUT2D eigenvalue weighted by Crippen LogP contribution is 2.40. The predicted molar refractivity (Wildman–Crippen MR) is 139 cm³/mol. The largest absolute Gasteiger partial charge is 0.300 e. The van der Waals surface area contributed by atoms with Crippen molar-refractivity contribution in [3.05, 3.63) is 71.3 Å². The van der Waals surface area contributed by atoms with E-state index in [4.69, 9.17) is 28.5 Å². The van der Waals surface area contributed by atoms with Crippen molar-refractivity contribution in [1.82, 2.24) is 4.90 Å². The lowest BCUT2D eigenvalue weighted by molar-refractivity contribution is 0.193. The van der Waals surface area contributed by atoms with E-state index in [2.05, 4.69) is 73.3 Å². The van der Waals surface area contributed by atoms with Gasteiger partial charge in [0, 0.05) is 19.5 Å². The molecule has 2 nitrogen and oxygen atoms in total. The van der Waals surface area contributed by atoms with Gasteiger partial charge in [0.25, 0.3) is 0 Å². The SMILES string of the molecule is CC#N.CCC(CCc1ccc(C2CC(Cl)C(Cl)C2)cc1)N(CC)CCc1ccccc1. The number of benzene rings is 2. The highest BCUT2D eigenvalue weighted by atomic mass is 35.5. The van der Waals surface area contributed by atoms with Crippen molar-refractivity contribution in [2.24, 2.45) is 0 Å². The number of aryl methyl sites for hydroxylation is 1. The molecule has 2 aromatic carbocycles. The summed E-state index contributed by atoms with van der Waals surface area (Å²) in [6.07, 6.45) is 6.69. The quantitative estimate of drug-likeness (QED) is 0.333. The third kappa shape index (κ3) is 8.43. The fourth-order valence-corrected chi connectivity index (χ4v) is 5.29. The van der Waals surface area contributed by atoms with Crippen LogP contribution in [0.5, 0.6) is 0 Å². The lowest BCUT2D eigenvalue weighted by atomic mass is 9.95. The first-order valence-corrected chi connectivity index (χ1v) is 12.8. The Balaban J connectivity index is 0.00000114. The molecule has 0 spiro atoms. The number of hydrogen-bond donors (Lipinski definition) is 0. The van der Waals surface area contributed by atoms with E-state index in [0.29, 0.717) is 12.0 Å². The van der Waals surface area contributed by atoms with Gasteiger partial charge in [-0.25, -0.2) is 0 Å². The van der Waals surface area contributed by atoms with Crippen molar-refractivity contribution in [1.29, 1.82) is 5.26 Å². The van der Waals surface area contributed by atoms with Crippen LogP contribution in [-0.4, -0.2) is 34.8 Å². The number of nitriles is 1. The molecule has 0 aromatic heterocycles. The van der Waals surface area contributed by atoms with Crippen LogP contribution in [0.15, 0.2) is 54.6 Å². The molecule has 1 fully saturated rings. The summed E-state index contributed by atoms with van der Waals surface area (Å²) in [5.74, 6) is 0.519. The Morgan fingerprint density at radius 2 is 1.50 bits per heavy atom. The zero-order chi connectivity index (χ0) is 23.3. The summed E-state index contributed by atoms with van der Waals surface area (Å²) >= 11 is 12.6. The van der Waals surface area contributed by atoms with Crippen LogP contribution in [0.25, 0.3) is 0 Å². The van der Waals surface area contributed by atoms with Gasteiger partial charge in [-0.2, -0.15) is 5.26 Å². The monoisotopic (exact) mass is 472 g/mol. The van der Waals surface area contributed by atoms with Gasteiger partial charge in [-0.3, -0.25) is 0 Å². The number of hydrogen-bond acceptors (Lipinski definition) is 2. The minimum Gasteiger partial charge on any atom is -0.300 e. The van der Waals surface area contributed by atoms with Gasteiger partial charge in [-0.05, 0) is 67.7 Å². The van der Waals surface area contributed by atoms with Crippen molar-refractivity contribution >= 4 is 23.2 Å². The lowest BCUT2D eigenvalue weighted by Gasteiger charge is -2.30. The summed E-state index contributed by atoms with van der Waals surface area (Å²) in [7, 11) is 0. The highest BCUT2D eigenvalue weighted by Gasteiger charge is 2.32. The number of nitrogens with zero attached hydrogens (tertiary/aromatic N) is 2. The smallest absolute Gasteiger partial charge is 0.0587 e. The van der Waals surface area contributed by atoms with Gasteiger partial charge in [-0.15, -0.1) is 23.2 Å². The van der Waals surface area contributed by atoms with Crippen LogP contribution >= 0.6 is 23.2 Å². The molecule has 1 aliphatic rings. The minimum absolute atomic E-state index is 0.113. The normalized spacial score (nSPS) is 21.0. The second-order valence-electron chi connectivity index (χ2n) is 8.63. The number of halogens is 2. The second kappa shape index (κ2) is 14.6. The molecule has 4 heteroatoms. The summed E-state index contributed by atoms with van der Waals surface area (Å²) < 4.78 is 0. The van der Waals surface area contributed by atoms with Crippen LogP contribution in [0.3, 0.4) is 0 Å². The fourth-order valence-electron chi connectivity index (χ4n) is 4.66. The van der Waals surface area contributed by atoms with Gasteiger partial charge in [-0.1, -0.05) is 68.4 Å². The summed E-state index contributed by atoms with van der Waals surface area (Å²) in [5, 5.41) is 7.55. The molecule has 2 aromatic rings. The van der Waals surface area contributed by atoms with Crippen molar-refractivity contribution in [3.8, 4) is 6.07 Å². The minimum atomic E-state index is 0.113. The van der Waals surface area contributed by atoms with Crippen molar-refractivity contribution in [2.75, 3.05) is 13.1 Å². The molecule has 0 aliphatic heterocycles. The van der Waals surface area contributed by atoms with Gasteiger partial charge in [0.1, 0.15) is 0 Å². The molecule has 0 amide bonds. The molecule has 0 radical (unpaired) electrons. The molecule has 174 valence electrons. The van der Waals surface area contributed by atoms with Gasteiger partial charge in [0.2, 0.25) is 0 Å². The van der Waals surface area contributed by atoms with Crippen molar-refractivity contribution < 1.29 is 0 Å². The van der Waals surface area contributed by atoms with Gasteiger partial charge in [0.05, 0.1) is 16.8 Å². The molecule has 0 N–H and O–H groups in total. The molecule has 3 rings (SSSR count). The van der Waals surface area contributed by atoms with E-state index in [-0.39, 0.29) is 10.8 Å². The number of likely N-dealkylation sites (N-methyl/N-ethyl adjacent to an activating group) is 1. The van der Waals surface area contributed by atoms with E-state index in [1.165, 1.54) is 36.5 Å². The van der Waals surface area contributed by atoms with E-state index < -0.39 is 0 Å². The topological polar surface area (TPSA) is 27.0 Å². The third-order valence-electron chi connectivity index (χ3n) is 6.55. The standard InChI is InChI=1S/C26H35Cl2N.C2H3N/c1-3-24(29(4-2)17-16-20-8-6-5-7-9-20)15-12-21-10-13-22(14-11-21)23-18-25(27)26(28)19-23;1-2-3/h5-11,13-14,23-26H,3-4,12,15-19H2,1-2H3;1H3. The summed E-state index contributed by atoms with van der Waals surface area (Å²) in [5.41, 5.74) is 4.27. The van der Waals surface area contributed by atoms with Crippen LogP contribution < -0.4 is 0 Å². The lowest BCUT2D eigenvalue weighted by Crippen LogP contribution is -2.36. The van der Waals surface area contributed by atoms with Crippen molar-refractivity contribution in [2.45, 2.75) is 82.0 Å². The molecule has 0 heterocycles. The first kappa shape index (κ1) is 26.7. The van der Waals surface area contributed by atoms with Crippen LogP contribution in [0.1, 0.15) is 69.1 Å². The Hall–Kier alpha value is -1.53. The molecule has 32 heavy (non-hydrogen) atoms. The van der Waals surface area contributed by atoms with Crippen LogP contribution in [0.4, 0.5) is 0 Å². The van der Waals surface area contributed by atoms with Crippen molar-refractivity contribution in [3.63, 3.8) is 0 Å². The maximum absolute atomic E-state index is 7.32. The molecular formula is C28H38Cl2N2. The molecular weight excluding hydrogens is 435 g/mol. The molecule has 3 atom stereocenters. The Bertz CT molecular complexity index is 790. The van der Waals surface area contributed by atoms with Gasteiger partial charge in [0.15, 0.2) is 0 Å². The van der Waals surface area contributed by atoms with E-state index in [1.54, 1.807) is 6.07 Å². The first-order valence-electron chi connectivity index (χ1n) is 12.0. The summed E-state index contributed by atoms with van der Waals surface area (Å²) in [6.45, 7) is 8.30. The zero-order valence-corrected chi connectivity index (χ0v) is 21.3. The second-order valence-corrected chi connectivity index (χ2v) is 9.75.